The Kier molecular flexibility index (Phi) is 3.22. The van der Waals surface area contributed by atoms with E-state index < -0.39 is 17.3 Å². The molecule has 5 nitrogen and oxygen atoms in total. The van der Waals surface area contributed by atoms with Gasteiger partial charge in [0.15, 0.2) is 5.72 Å². The monoisotopic (exact) mass is 304 g/mol. The van der Waals surface area contributed by atoms with E-state index in [4.69, 9.17) is 23.2 Å². The first-order valence-electron chi connectivity index (χ1n) is 5.61. The highest BCUT2D eigenvalue weighted by Crippen LogP contribution is 2.42. The van der Waals surface area contributed by atoms with Gasteiger partial charge in [0.2, 0.25) is 0 Å². The quantitative estimate of drug-likeness (QED) is 0.784. The van der Waals surface area contributed by atoms with Gasteiger partial charge < -0.3 is 5.11 Å². The summed E-state index contributed by atoms with van der Waals surface area (Å²) in [7, 11) is 0. The number of benzene rings is 1. The molecular formula is C12H14Cl2N2O3. The van der Waals surface area contributed by atoms with Gasteiger partial charge in [-0.2, -0.15) is 5.06 Å². The van der Waals surface area contributed by atoms with Crippen molar-refractivity contribution in [3.8, 4) is 0 Å². The lowest BCUT2D eigenvalue weighted by Crippen LogP contribution is -2.56. The van der Waals surface area contributed by atoms with Crippen LogP contribution in [0.15, 0.2) is 18.2 Å². The van der Waals surface area contributed by atoms with Crippen LogP contribution in [0.2, 0.25) is 10.0 Å². The number of halogens is 2. The van der Waals surface area contributed by atoms with Crippen LogP contribution in [0.3, 0.4) is 0 Å². The van der Waals surface area contributed by atoms with E-state index in [1.54, 1.807) is 19.9 Å². The predicted octanol–water partition coefficient (Wildman–Crippen LogP) is 3.11. The fraction of sp³-hybridized carbons (Fsp3) is 0.417. The van der Waals surface area contributed by atoms with Crippen LogP contribution in [0, 0.1) is 0 Å². The molecule has 1 heterocycles. The first-order chi connectivity index (χ1) is 8.60. The van der Waals surface area contributed by atoms with Crippen LogP contribution in [0.1, 0.15) is 20.8 Å². The van der Waals surface area contributed by atoms with Gasteiger partial charge in [-0.15, -0.1) is 0 Å². The average molecular weight is 305 g/mol. The zero-order valence-electron chi connectivity index (χ0n) is 10.7. The van der Waals surface area contributed by atoms with Crippen molar-refractivity contribution in [2.75, 3.05) is 4.90 Å². The van der Waals surface area contributed by atoms with Crippen molar-refractivity contribution in [3.05, 3.63) is 28.2 Å². The molecule has 2 rings (SSSR count). The molecule has 0 spiro atoms. The van der Waals surface area contributed by atoms with Crippen molar-refractivity contribution in [2.24, 2.45) is 0 Å². The van der Waals surface area contributed by atoms with Gasteiger partial charge in [0.05, 0.1) is 15.7 Å². The third kappa shape index (κ3) is 1.89. The lowest BCUT2D eigenvalue weighted by molar-refractivity contribution is -0.149. The second-order valence-electron chi connectivity index (χ2n) is 5.11. The number of anilines is 1. The number of hydrogen-bond acceptors (Lipinski definition) is 3. The van der Waals surface area contributed by atoms with Crippen LogP contribution in [0.5, 0.6) is 0 Å². The molecule has 1 saturated heterocycles. The molecule has 1 fully saturated rings. The molecule has 0 saturated carbocycles. The van der Waals surface area contributed by atoms with E-state index in [-0.39, 0.29) is 5.02 Å². The maximum Gasteiger partial charge on any atom is 0.351 e. The second kappa shape index (κ2) is 4.24. The van der Waals surface area contributed by atoms with E-state index in [0.717, 1.165) is 4.90 Å². The minimum absolute atomic E-state index is 0.261. The summed E-state index contributed by atoms with van der Waals surface area (Å²) in [5.74, 6) is 0. The van der Waals surface area contributed by atoms with Crippen molar-refractivity contribution in [3.63, 3.8) is 0 Å². The van der Waals surface area contributed by atoms with E-state index in [1.807, 2.05) is 0 Å². The van der Waals surface area contributed by atoms with Crippen LogP contribution in [0.4, 0.5) is 10.5 Å². The van der Waals surface area contributed by atoms with Crippen molar-refractivity contribution in [1.29, 1.82) is 0 Å². The lowest BCUT2D eigenvalue weighted by Gasteiger charge is -2.37. The van der Waals surface area contributed by atoms with E-state index in [9.17, 15) is 15.1 Å². The molecule has 0 aliphatic carbocycles. The van der Waals surface area contributed by atoms with Gasteiger partial charge in [0.1, 0.15) is 5.54 Å². The third-order valence-corrected chi connectivity index (χ3v) is 4.40. The highest BCUT2D eigenvalue weighted by molar-refractivity contribution is 6.42. The molecule has 1 aliphatic rings. The summed E-state index contributed by atoms with van der Waals surface area (Å²) in [5, 5.41) is 21.5. The summed E-state index contributed by atoms with van der Waals surface area (Å²) in [6.07, 6.45) is 0. The van der Waals surface area contributed by atoms with E-state index >= 15 is 0 Å². The predicted molar refractivity (Wildman–Crippen MR) is 72.7 cm³/mol. The third-order valence-electron chi connectivity index (χ3n) is 3.66. The molecule has 0 aromatic heterocycles. The minimum Gasteiger partial charge on any atom is -0.368 e. The molecule has 0 bridgehead atoms. The minimum atomic E-state index is -1.60. The largest absolute Gasteiger partial charge is 0.368 e. The summed E-state index contributed by atoms with van der Waals surface area (Å²) in [6.45, 7) is 4.56. The molecule has 1 aromatic carbocycles. The molecule has 0 radical (unpaired) electrons. The number of urea groups is 1. The molecule has 1 atom stereocenters. The molecular weight excluding hydrogens is 291 g/mol. The van der Waals surface area contributed by atoms with Crippen LogP contribution in [0.25, 0.3) is 0 Å². The highest BCUT2D eigenvalue weighted by atomic mass is 35.5. The summed E-state index contributed by atoms with van der Waals surface area (Å²) >= 11 is 11.7. The molecule has 7 heteroatoms. The molecule has 19 heavy (non-hydrogen) atoms. The summed E-state index contributed by atoms with van der Waals surface area (Å²) < 4.78 is 0. The van der Waals surface area contributed by atoms with Crippen molar-refractivity contribution in [1.82, 2.24) is 5.06 Å². The van der Waals surface area contributed by atoms with E-state index in [0.29, 0.717) is 15.8 Å². The summed E-state index contributed by atoms with van der Waals surface area (Å²) in [4.78, 5) is 13.2. The number of amides is 2. The molecule has 1 unspecified atom stereocenters. The van der Waals surface area contributed by atoms with Crippen molar-refractivity contribution >= 4 is 34.9 Å². The number of hydrogen-bond donors (Lipinski definition) is 2. The SMILES string of the molecule is CC1(C)N(O)C(=O)N(c2ccc(Cl)c(Cl)c2)C1(C)O. The number of rotatable bonds is 1. The molecule has 104 valence electrons. The molecule has 2 N–H and O–H groups in total. The Morgan fingerprint density at radius 3 is 2.16 bits per heavy atom. The van der Waals surface area contributed by atoms with E-state index in [1.165, 1.54) is 19.1 Å². The molecule has 1 aliphatic heterocycles. The average Bonchev–Trinajstić information content (AvgIpc) is 2.42. The standard InChI is InChI=1S/C12H14Cl2N2O3/c1-11(2)12(3,18)15(10(17)16(11)19)7-4-5-8(13)9(14)6-7/h4-6,18-19H,1-3H3. The van der Waals surface area contributed by atoms with Crippen LogP contribution >= 0.6 is 23.2 Å². The number of hydroxylamine groups is 2. The fourth-order valence-electron chi connectivity index (χ4n) is 1.98. The van der Waals surface area contributed by atoms with Gasteiger partial charge in [-0.1, -0.05) is 23.2 Å². The van der Waals surface area contributed by atoms with E-state index in [2.05, 4.69) is 0 Å². The van der Waals surface area contributed by atoms with Gasteiger partial charge in [-0.05, 0) is 39.0 Å². The maximum absolute atomic E-state index is 12.1. The summed E-state index contributed by atoms with van der Waals surface area (Å²) in [5.41, 5.74) is -2.42. The Balaban J connectivity index is 2.55. The van der Waals surface area contributed by atoms with Crippen LogP contribution in [-0.4, -0.2) is 32.7 Å². The van der Waals surface area contributed by atoms with Crippen molar-refractivity contribution in [2.45, 2.75) is 32.0 Å². The Bertz CT molecular complexity index is 546. The number of carbonyl (C=O) groups excluding carboxylic acids is 1. The fourth-order valence-corrected chi connectivity index (χ4v) is 2.27. The Hall–Kier alpha value is -1.01. The van der Waals surface area contributed by atoms with Gasteiger partial charge in [0.25, 0.3) is 0 Å². The van der Waals surface area contributed by atoms with Crippen molar-refractivity contribution < 1.29 is 15.1 Å². The zero-order valence-corrected chi connectivity index (χ0v) is 12.2. The number of aliphatic hydroxyl groups is 1. The topological polar surface area (TPSA) is 64.0 Å². The molecule has 2 amide bonds. The smallest absolute Gasteiger partial charge is 0.351 e. The van der Waals surface area contributed by atoms with Gasteiger partial charge in [0, 0.05) is 0 Å². The Morgan fingerprint density at radius 2 is 1.74 bits per heavy atom. The van der Waals surface area contributed by atoms with Gasteiger partial charge in [-0.3, -0.25) is 10.1 Å². The maximum atomic E-state index is 12.1. The van der Waals surface area contributed by atoms with Gasteiger partial charge in [-0.25, -0.2) is 4.79 Å². The van der Waals surface area contributed by atoms with Gasteiger partial charge >= 0.3 is 6.03 Å². The first-order valence-corrected chi connectivity index (χ1v) is 6.37. The number of nitrogens with zero attached hydrogens (tertiary/aromatic N) is 2. The lowest BCUT2D eigenvalue weighted by atomic mass is 9.92. The van der Waals surface area contributed by atoms with Crippen LogP contribution in [-0.2, 0) is 0 Å². The normalized spacial score (nSPS) is 26.2. The highest BCUT2D eigenvalue weighted by Gasteiger charge is 2.60. The summed E-state index contributed by atoms with van der Waals surface area (Å²) in [6, 6.07) is 3.81. The zero-order chi connectivity index (χ0) is 14.6. The Morgan fingerprint density at radius 1 is 1.16 bits per heavy atom. The molecule has 1 aromatic rings. The Labute approximate surface area is 120 Å². The first kappa shape index (κ1) is 14.4. The number of carbonyl (C=O) groups is 1. The van der Waals surface area contributed by atoms with Crippen LogP contribution < -0.4 is 4.90 Å². The second-order valence-corrected chi connectivity index (χ2v) is 5.92.